The number of nitriles is 1. The minimum Gasteiger partial charge on any atom is -0.494 e. The Labute approximate surface area is 212 Å². The smallest absolute Gasteiger partial charge is 0.269 e. The van der Waals surface area contributed by atoms with Gasteiger partial charge in [0.1, 0.15) is 11.8 Å². The van der Waals surface area contributed by atoms with Crippen molar-refractivity contribution in [1.29, 1.82) is 5.26 Å². The van der Waals surface area contributed by atoms with Crippen LogP contribution in [-0.2, 0) is 11.2 Å². The van der Waals surface area contributed by atoms with Crippen molar-refractivity contribution in [2.24, 2.45) is 16.8 Å². The van der Waals surface area contributed by atoms with Gasteiger partial charge < -0.3 is 15.4 Å². The first kappa shape index (κ1) is 24.4. The highest BCUT2D eigenvalue weighted by molar-refractivity contribution is 14.1. The molecule has 34 heavy (non-hydrogen) atoms. The number of amides is 1. The van der Waals surface area contributed by atoms with Gasteiger partial charge in [-0.15, -0.1) is 0 Å². The molecule has 6 nitrogen and oxygen atoms in total. The number of nitrogens with zero attached hydrogens (tertiary/aromatic N) is 2. The third kappa shape index (κ3) is 5.15. The maximum Gasteiger partial charge on any atom is 0.269 e. The van der Waals surface area contributed by atoms with E-state index in [2.05, 4.69) is 39.3 Å². The summed E-state index contributed by atoms with van der Waals surface area (Å²) in [5, 5.41) is 15.7. The highest BCUT2D eigenvalue weighted by atomic mass is 127. The molecule has 0 aliphatic carbocycles. The number of carbonyl (C=O) groups excluding carboxylic acids is 1. The van der Waals surface area contributed by atoms with E-state index in [-0.39, 0.29) is 17.6 Å². The minimum atomic E-state index is -0.422. The van der Waals surface area contributed by atoms with Gasteiger partial charge in [0.05, 0.1) is 18.4 Å². The molecule has 176 valence electrons. The summed E-state index contributed by atoms with van der Waals surface area (Å²) in [4.78, 5) is 17.9. The van der Waals surface area contributed by atoms with Crippen LogP contribution in [0, 0.1) is 32.6 Å². The van der Waals surface area contributed by atoms with Crippen molar-refractivity contribution in [3.63, 3.8) is 0 Å². The van der Waals surface area contributed by atoms with Crippen LogP contribution in [0.2, 0.25) is 0 Å². The minimum absolute atomic E-state index is 0.186. The van der Waals surface area contributed by atoms with Gasteiger partial charge in [-0.2, -0.15) is 5.26 Å². The Morgan fingerprint density at radius 1 is 1.35 bits per heavy atom. The van der Waals surface area contributed by atoms with Gasteiger partial charge in [-0.25, -0.2) is 9.38 Å². The molecule has 1 unspecified atom stereocenters. The largest absolute Gasteiger partial charge is 0.494 e. The Morgan fingerprint density at radius 3 is 2.82 bits per heavy atom. The molecule has 1 fully saturated rings. The molecule has 2 aliphatic rings. The van der Waals surface area contributed by atoms with E-state index in [1.165, 1.54) is 13.2 Å². The van der Waals surface area contributed by atoms with Gasteiger partial charge in [0.25, 0.3) is 5.91 Å². The number of carbonyl (C=O) groups is 1. The monoisotopic (exact) mass is 572 g/mol. The zero-order chi connectivity index (χ0) is 24.2. The van der Waals surface area contributed by atoms with E-state index in [4.69, 9.17) is 9.73 Å². The Kier molecular flexibility index (Phi) is 7.63. The Morgan fingerprint density at radius 2 is 2.18 bits per heavy atom. The highest BCUT2D eigenvalue weighted by Crippen LogP contribution is 2.33. The molecule has 2 heterocycles. The van der Waals surface area contributed by atoms with Crippen LogP contribution in [0.3, 0.4) is 0 Å². The van der Waals surface area contributed by atoms with Gasteiger partial charge in [-0.05, 0) is 102 Å². The third-order valence-corrected chi connectivity index (χ3v) is 7.32. The van der Waals surface area contributed by atoms with Crippen molar-refractivity contribution in [1.82, 2.24) is 10.6 Å². The lowest BCUT2D eigenvalue weighted by Crippen LogP contribution is -2.31. The normalized spacial score (nSPS) is 19.7. The summed E-state index contributed by atoms with van der Waals surface area (Å²) >= 11 is 2.13. The van der Waals surface area contributed by atoms with Crippen LogP contribution in [0.25, 0.3) is 0 Å². The number of benzene rings is 2. The quantitative estimate of drug-likeness (QED) is 0.492. The molecular formula is C26H26FIN4O2. The van der Waals surface area contributed by atoms with Gasteiger partial charge in [-0.3, -0.25) is 4.79 Å². The van der Waals surface area contributed by atoms with E-state index in [1.54, 1.807) is 12.1 Å². The lowest BCUT2D eigenvalue weighted by molar-refractivity contribution is -0.117. The van der Waals surface area contributed by atoms with Crippen LogP contribution >= 0.6 is 22.6 Å². The molecule has 0 aromatic heterocycles. The predicted molar refractivity (Wildman–Crippen MR) is 137 cm³/mol. The van der Waals surface area contributed by atoms with E-state index in [1.807, 2.05) is 25.1 Å². The van der Waals surface area contributed by atoms with E-state index in [0.29, 0.717) is 30.1 Å². The highest BCUT2D eigenvalue weighted by Gasteiger charge is 2.32. The second-order valence-corrected chi connectivity index (χ2v) is 9.79. The molecule has 2 atom stereocenters. The zero-order valence-corrected chi connectivity index (χ0v) is 21.3. The van der Waals surface area contributed by atoms with Crippen molar-refractivity contribution in [3.05, 3.63) is 73.7 Å². The molecule has 4 rings (SSSR count). The SMILES string of the molecule is COc1ccc(CC2C(c3ccc(C#N)c(I)c3)=NC(C(=O)NC[C@H]3CCNC3)=C2C)cc1F. The first-order valence-electron chi connectivity index (χ1n) is 11.2. The Bertz CT molecular complexity index is 1210. The number of hydrogen-bond donors (Lipinski definition) is 2. The average Bonchev–Trinajstić information content (AvgIpc) is 3.46. The standard InChI is InChI=1S/C26H26FIN4O2/c1-15-20(9-16-3-6-23(34-2)21(27)10-16)25(18-4-5-19(12-29)22(28)11-18)32-24(15)26(33)31-14-17-7-8-30-13-17/h3-6,10-11,17,20,30H,7-9,13-14H2,1-2H3,(H,31,33)/t17-,20?/m0/s1. The van der Waals surface area contributed by atoms with Crippen LogP contribution in [0.1, 0.15) is 30.0 Å². The fraction of sp³-hybridized carbons (Fsp3) is 0.346. The van der Waals surface area contributed by atoms with Crippen LogP contribution < -0.4 is 15.4 Å². The number of rotatable bonds is 7. The van der Waals surface area contributed by atoms with Crippen LogP contribution in [0.15, 0.2) is 52.7 Å². The molecule has 0 saturated carbocycles. The number of methoxy groups -OCH3 is 1. The fourth-order valence-corrected chi connectivity index (χ4v) is 5.08. The number of allylic oxidation sites excluding steroid dienone is 1. The van der Waals surface area contributed by atoms with Gasteiger partial charge in [0.15, 0.2) is 11.6 Å². The van der Waals surface area contributed by atoms with E-state index in [0.717, 1.165) is 45.5 Å². The summed E-state index contributed by atoms with van der Waals surface area (Å²) in [6.45, 7) is 4.41. The molecule has 0 bridgehead atoms. The van der Waals surface area contributed by atoms with Gasteiger partial charge in [0, 0.05) is 16.0 Å². The second-order valence-electron chi connectivity index (χ2n) is 8.63. The number of halogens is 2. The molecule has 2 N–H and O–H groups in total. The molecule has 2 aromatic rings. The summed E-state index contributed by atoms with van der Waals surface area (Å²) in [6, 6.07) is 12.6. The summed E-state index contributed by atoms with van der Waals surface area (Å²) in [5.41, 5.74) is 4.25. The van der Waals surface area contributed by atoms with Crippen molar-refractivity contribution >= 4 is 34.2 Å². The first-order valence-corrected chi connectivity index (χ1v) is 12.3. The number of hydrogen-bond acceptors (Lipinski definition) is 5. The van der Waals surface area contributed by atoms with Gasteiger partial charge in [0.2, 0.25) is 0 Å². The van der Waals surface area contributed by atoms with Crippen molar-refractivity contribution in [2.75, 3.05) is 26.7 Å². The lowest BCUT2D eigenvalue weighted by atomic mass is 9.86. The van der Waals surface area contributed by atoms with Crippen molar-refractivity contribution in [2.45, 2.75) is 19.8 Å². The maximum absolute atomic E-state index is 14.4. The van der Waals surface area contributed by atoms with Crippen molar-refractivity contribution in [3.8, 4) is 11.8 Å². The summed E-state index contributed by atoms with van der Waals surface area (Å²) < 4.78 is 20.2. The van der Waals surface area contributed by atoms with E-state index in [9.17, 15) is 14.4 Å². The molecule has 1 saturated heterocycles. The molecule has 8 heteroatoms. The first-order chi connectivity index (χ1) is 16.4. The average molecular weight is 572 g/mol. The van der Waals surface area contributed by atoms with Crippen LogP contribution in [0.4, 0.5) is 4.39 Å². The number of ether oxygens (including phenoxy) is 1. The van der Waals surface area contributed by atoms with Crippen LogP contribution in [-0.4, -0.2) is 38.4 Å². The lowest BCUT2D eigenvalue weighted by Gasteiger charge is -2.17. The van der Waals surface area contributed by atoms with Gasteiger partial charge in [-0.1, -0.05) is 12.1 Å². The molecule has 1 amide bonds. The summed E-state index contributed by atoms with van der Waals surface area (Å²) in [5.74, 6) is -0.180. The zero-order valence-electron chi connectivity index (χ0n) is 19.1. The molecule has 2 aromatic carbocycles. The molecular weight excluding hydrogens is 546 g/mol. The Balaban J connectivity index is 1.65. The second kappa shape index (κ2) is 10.7. The third-order valence-electron chi connectivity index (χ3n) is 6.43. The fourth-order valence-electron chi connectivity index (χ4n) is 4.45. The molecule has 0 spiro atoms. The summed E-state index contributed by atoms with van der Waals surface area (Å²) in [6.07, 6.45) is 1.54. The summed E-state index contributed by atoms with van der Waals surface area (Å²) in [7, 11) is 1.44. The molecule has 2 aliphatic heterocycles. The number of nitrogens with one attached hydrogen (secondary N) is 2. The van der Waals surface area contributed by atoms with E-state index < -0.39 is 5.82 Å². The van der Waals surface area contributed by atoms with Crippen molar-refractivity contribution < 1.29 is 13.9 Å². The predicted octanol–water partition coefficient (Wildman–Crippen LogP) is 3.97. The Hall–Kier alpha value is -2.77. The number of aliphatic imine (C=N–C) groups is 1. The van der Waals surface area contributed by atoms with E-state index >= 15 is 0 Å². The molecule has 0 radical (unpaired) electrons. The topological polar surface area (TPSA) is 86.5 Å². The maximum atomic E-state index is 14.4. The van der Waals surface area contributed by atoms with Gasteiger partial charge >= 0.3 is 0 Å². The van der Waals surface area contributed by atoms with Crippen LogP contribution in [0.5, 0.6) is 5.75 Å².